The smallest absolute Gasteiger partial charge is 0.214 e. The van der Waals surface area contributed by atoms with Gasteiger partial charge >= 0.3 is 0 Å². The maximum Gasteiger partial charge on any atom is 0.214 e. The number of hydrogen-bond donors (Lipinski definition) is 1. The second-order valence-electron chi connectivity index (χ2n) is 4.37. The highest BCUT2D eigenvalue weighted by Gasteiger charge is 2.07. The van der Waals surface area contributed by atoms with Gasteiger partial charge in [0.2, 0.25) is 4.96 Å². The Bertz CT molecular complexity index is 683. The van der Waals surface area contributed by atoms with Crippen molar-refractivity contribution in [1.82, 2.24) is 14.6 Å². The molecule has 1 aromatic carbocycles. The van der Waals surface area contributed by atoms with E-state index in [1.807, 2.05) is 5.38 Å². The molecule has 0 spiro atoms. The van der Waals surface area contributed by atoms with Gasteiger partial charge in [0.15, 0.2) is 5.82 Å². The maximum absolute atomic E-state index is 5.79. The minimum Gasteiger partial charge on any atom is -0.383 e. The molecule has 0 bridgehead atoms. The highest BCUT2D eigenvalue weighted by molar-refractivity contribution is 7.15. The molecule has 3 rings (SSSR count). The molecule has 2 aromatic heterocycles. The van der Waals surface area contributed by atoms with Gasteiger partial charge in [0, 0.05) is 11.8 Å². The quantitative estimate of drug-likeness (QED) is 0.785. The molecule has 0 unspecified atom stereocenters. The molecule has 92 valence electrons. The molecule has 0 fully saturated rings. The van der Waals surface area contributed by atoms with E-state index in [-0.39, 0.29) is 0 Å². The number of hydrogen-bond acceptors (Lipinski definition) is 4. The minimum absolute atomic E-state index is 0.657. The molecule has 2 N–H and O–H groups in total. The highest BCUT2D eigenvalue weighted by Crippen LogP contribution is 2.16. The molecular formula is C13H14N4S. The lowest BCUT2D eigenvalue weighted by Crippen LogP contribution is -1.96. The van der Waals surface area contributed by atoms with Crippen molar-refractivity contribution < 1.29 is 0 Å². The van der Waals surface area contributed by atoms with Crippen LogP contribution in [0.2, 0.25) is 0 Å². The summed E-state index contributed by atoms with van der Waals surface area (Å²) in [6.45, 7) is 2.11. The summed E-state index contributed by atoms with van der Waals surface area (Å²) in [6.07, 6.45) is 1.80. The van der Waals surface area contributed by atoms with Crippen molar-refractivity contribution in [3.63, 3.8) is 0 Å². The van der Waals surface area contributed by atoms with Gasteiger partial charge in [-0.05, 0) is 18.9 Å². The van der Waals surface area contributed by atoms with Crippen LogP contribution in [0.3, 0.4) is 0 Å². The fraction of sp³-hybridized carbons (Fsp3) is 0.231. The molecule has 4 nitrogen and oxygen atoms in total. The second-order valence-corrected chi connectivity index (χ2v) is 5.21. The van der Waals surface area contributed by atoms with Crippen molar-refractivity contribution in [2.75, 3.05) is 5.73 Å². The number of anilines is 1. The summed E-state index contributed by atoms with van der Waals surface area (Å²) < 4.78 is 1.70. The SMILES string of the molecule is Cc1cccc(CCc2nc3scc(N)n3n2)c1. The van der Waals surface area contributed by atoms with Crippen LogP contribution < -0.4 is 5.73 Å². The standard InChI is InChI=1S/C13H14N4S/c1-9-3-2-4-10(7-9)5-6-12-15-13-17(16-12)11(14)8-18-13/h2-4,7-8H,5-6,14H2,1H3. The fourth-order valence-corrected chi connectivity index (χ4v) is 2.71. The number of nitrogen functional groups attached to an aromatic ring is 1. The zero-order valence-corrected chi connectivity index (χ0v) is 10.9. The predicted octanol–water partition coefficient (Wildman–Crippen LogP) is 2.47. The average Bonchev–Trinajstić information content (AvgIpc) is 2.90. The van der Waals surface area contributed by atoms with Gasteiger partial charge in [0.05, 0.1) is 0 Å². The molecule has 0 aliphatic heterocycles. The van der Waals surface area contributed by atoms with Crippen LogP contribution in [0, 0.1) is 6.92 Å². The summed E-state index contributed by atoms with van der Waals surface area (Å²) in [5.41, 5.74) is 8.40. The Morgan fingerprint density at radius 3 is 3.00 bits per heavy atom. The van der Waals surface area contributed by atoms with E-state index < -0.39 is 0 Å². The monoisotopic (exact) mass is 258 g/mol. The largest absolute Gasteiger partial charge is 0.383 e. The number of aryl methyl sites for hydroxylation is 3. The molecule has 0 radical (unpaired) electrons. The molecule has 5 heteroatoms. The first-order valence-electron chi connectivity index (χ1n) is 5.86. The third-order valence-corrected chi connectivity index (χ3v) is 3.71. The van der Waals surface area contributed by atoms with E-state index in [2.05, 4.69) is 41.3 Å². The Hall–Kier alpha value is -1.88. The van der Waals surface area contributed by atoms with Gasteiger partial charge in [-0.3, -0.25) is 0 Å². The topological polar surface area (TPSA) is 56.2 Å². The Labute approximate surface area is 109 Å². The summed E-state index contributed by atoms with van der Waals surface area (Å²) in [6, 6.07) is 8.53. The summed E-state index contributed by atoms with van der Waals surface area (Å²) >= 11 is 1.52. The number of benzene rings is 1. The molecule has 0 atom stereocenters. The second kappa shape index (κ2) is 4.42. The van der Waals surface area contributed by atoms with Crippen LogP contribution in [-0.2, 0) is 12.8 Å². The van der Waals surface area contributed by atoms with Crippen LogP contribution in [0.25, 0.3) is 4.96 Å². The summed E-state index contributed by atoms with van der Waals surface area (Å²) in [7, 11) is 0. The Balaban J connectivity index is 1.76. The van der Waals surface area contributed by atoms with Gasteiger partial charge in [-0.2, -0.15) is 4.52 Å². The number of rotatable bonds is 3. The zero-order chi connectivity index (χ0) is 12.5. The normalized spacial score (nSPS) is 11.2. The van der Waals surface area contributed by atoms with Gasteiger partial charge in [-0.25, -0.2) is 4.98 Å². The predicted molar refractivity (Wildman–Crippen MR) is 73.9 cm³/mol. The molecule has 0 aliphatic rings. The molecule has 0 aliphatic carbocycles. The molecular weight excluding hydrogens is 244 g/mol. The van der Waals surface area contributed by atoms with Crippen molar-refractivity contribution in [3.05, 3.63) is 46.6 Å². The van der Waals surface area contributed by atoms with Crippen LogP contribution in [-0.4, -0.2) is 14.6 Å². The number of aromatic nitrogens is 3. The number of fused-ring (bicyclic) bond motifs is 1. The lowest BCUT2D eigenvalue weighted by atomic mass is 10.1. The third kappa shape index (κ3) is 2.09. The molecule has 0 saturated heterocycles. The van der Waals surface area contributed by atoms with Crippen LogP contribution in [0.1, 0.15) is 17.0 Å². The van der Waals surface area contributed by atoms with Gasteiger partial charge in [-0.1, -0.05) is 29.8 Å². The van der Waals surface area contributed by atoms with Crippen LogP contribution in [0.5, 0.6) is 0 Å². The summed E-state index contributed by atoms with van der Waals surface area (Å²) in [5, 5.41) is 6.26. The Morgan fingerprint density at radius 2 is 2.22 bits per heavy atom. The summed E-state index contributed by atoms with van der Waals surface area (Å²) in [5.74, 6) is 1.51. The van der Waals surface area contributed by atoms with E-state index in [4.69, 9.17) is 5.73 Å². The Kier molecular flexibility index (Phi) is 2.76. The van der Waals surface area contributed by atoms with Crippen molar-refractivity contribution in [3.8, 4) is 0 Å². The lowest BCUT2D eigenvalue weighted by molar-refractivity contribution is 0.841. The van der Waals surface area contributed by atoms with Crippen molar-refractivity contribution in [1.29, 1.82) is 0 Å². The molecule has 2 heterocycles. The third-order valence-electron chi connectivity index (χ3n) is 2.87. The minimum atomic E-state index is 0.657. The fourth-order valence-electron chi connectivity index (χ4n) is 1.98. The van der Waals surface area contributed by atoms with Gasteiger partial charge in [0.1, 0.15) is 5.82 Å². The van der Waals surface area contributed by atoms with E-state index in [9.17, 15) is 0 Å². The van der Waals surface area contributed by atoms with Crippen molar-refractivity contribution >= 4 is 22.1 Å². The van der Waals surface area contributed by atoms with E-state index in [1.54, 1.807) is 4.52 Å². The molecule has 3 aromatic rings. The number of nitrogens with zero attached hydrogens (tertiary/aromatic N) is 3. The average molecular weight is 258 g/mol. The first-order valence-corrected chi connectivity index (χ1v) is 6.74. The lowest BCUT2D eigenvalue weighted by Gasteiger charge is -1.99. The first-order chi connectivity index (χ1) is 8.72. The van der Waals surface area contributed by atoms with Crippen LogP contribution >= 0.6 is 11.3 Å². The van der Waals surface area contributed by atoms with Gasteiger partial charge < -0.3 is 5.73 Å². The highest BCUT2D eigenvalue weighted by atomic mass is 32.1. The maximum atomic E-state index is 5.79. The van der Waals surface area contributed by atoms with E-state index >= 15 is 0 Å². The van der Waals surface area contributed by atoms with Crippen molar-refractivity contribution in [2.45, 2.75) is 19.8 Å². The molecule has 18 heavy (non-hydrogen) atoms. The van der Waals surface area contributed by atoms with E-state index in [0.717, 1.165) is 23.6 Å². The van der Waals surface area contributed by atoms with E-state index in [1.165, 1.54) is 22.5 Å². The van der Waals surface area contributed by atoms with Gasteiger partial charge in [0.25, 0.3) is 0 Å². The Morgan fingerprint density at radius 1 is 1.33 bits per heavy atom. The molecule has 0 amide bonds. The number of thiazole rings is 1. The number of nitrogens with two attached hydrogens (primary N) is 1. The van der Waals surface area contributed by atoms with Gasteiger partial charge in [-0.15, -0.1) is 16.4 Å². The van der Waals surface area contributed by atoms with Crippen molar-refractivity contribution in [2.24, 2.45) is 0 Å². The molecule has 0 saturated carbocycles. The van der Waals surface area contributed by atoms with Crippen LogP contribution in [0.15, 0.2) is 29.6 Å². The van der Waals surface area contributed by atoms with Crippen LogP contribution in [0.4, 0.5) is 5.82 Å². The summed E-state index contributed by atoms with van der Waals surface area (Å²) in [4.78, 5) is 5.33. The first kappa shape index (κ1) is 11.2. The zero-order valence-electron chi connectivity index (χ0n) is 10.1. The van der Waals surface area contributed by atoms with E-state index in [0.29, 0.717) is 5.82 Å².